The van der Waals surface area contributed by atoms with E-state index in [0.29, 0.717) is 29.8 Å². The zero-order valence-corrected chi connectivity index (χ0v) is 19.5. The number of benzene rings is 2. The van der Waals surface area contributed by atoms with Crippen LogP contribution in [-0.4, -0.2) is 44.8 Å². The highest BCUT2D eigenvalue weighted by Gasteiger charge is 2.27. The summed E-state index contributed by atoms with van der Waals surface area (Å²) in [6, 6.07) is 12.2. The normalized spacial score (nSPS) is 16.8. The maximum absolute atomic E-state index is 13.5. The second-order valence-corrected chi connectivity index (χ2v) is 11.2. The molecule has 1 unspecified atom stereocenters. The zero-order chi connectivity index (χ0) is 22.2. The number of para-hydroxylation sites is 1. The average molecular weight is 459 g/mol. The highest BCUT2D eigenvalue weighted by Crippen LogP contribution is 2.34. The van der Waals surface area contributed by atoms with Gasteiger partial charge in [0.15, 0.2) is 15.0 Å². The third kappa shape index (κ3) is 4.66. The van der Waals surface area contributed by atoms with Crippen LogP contribution in [0, 0.1) is 0 Å². The number of nitrogens with zero attached hydrogens (tertiary/aromatic N) is 2. The summed E-state index contributed by atoms with van der Waals surface area (Å²) in [5.41, 5.74) is 2.51. The van der Waals surface area contributed by atoms with Crippen molar-refractivity contribution in [1.82, 2.24) is 4.98 Å². The second kappa shape index (κ2) is 8.68. The number of rotatable bonds is 6. The van der Waals surface area contributed by atoms with Crippen molar-refractivity contribution < 1.29 is 17.9 Å². The number of carbonyl (C=O) groups excluding carboxylic acids is 1. The van der Waals surface area contributed by atoms with Gasteiger partial charge in [0, 0.05) is 18.4 Å². The number of thiazole rings is 1. The average Bonchev–Trinajstić information content (AvgIpc) is 3.40. The summed E-state index contributed by atoms with van der Waals surface area (Å²) in [5.74, 6) is 0.116. The van der Waals surface area contributed by atoms with Crippen LogP contribution in [-0.2, 0) is 14.6 Å². The first-order valence-corrected chi connectivity index (χ1v) is 13.1. The van der Waals surface area contributed by atoms with Crippen molar-refractivity contribution in [1.29, 1.82) is 0 Å². The number of hydrogen-bond acceptors (Lipinski definition) is 6. The molecule has 164 valence electrons. The number of anilines is 1. The van der Waals surface area contributed by atoms with Gasteiger partial charge in [0.2, 0.25) is 0 Å². The van der Waals surface area contributed by atoms with Gasteiger partial charge in [-0.05, 0) is 54.7 Å². The Morgan fingerprint density at radius 2 is 1.97 bits per heavy atom. The molecule has 1 atom stereocenters. The van der Waals surface area contributed by atoms with Crippen molar-refractivity contribution in [3.05, 3.63) is 53.6 Å². The van der Waals surface area contributed by atoms with Gasteiger partial charge in [-0.2, -0.15) is 0 Å². The number of hydrogen-bond donors (Lipinski definition) is 0. The lowest BCUT2D eigenvalue weighted by molar-refractivity contribution is 0.0917. The van der Waals surface area contributed by atoms with Gasteiger partial charge >= 0.3 is 0 Å². The molecule has 2 heterocycles. The van der Waals surface area contributed by atoms with Gasteiger partial charge in [0.25, 0.3) is 5.91 Å². The lowest BCUT2D eigenvalue weighted by Crippen LogP contribution is -2.37. The van der Waals surface area contributed by atoms with E-state index in [9.17, 15) is 13.2 Å². The van der Waals surface area contributed by atoms with E-state index >= 15 is 0 Å². The summed E-state index contributed by atoms with van der Waals surface area (Å²) in [6.07, 6.45) is 3.00. The molecule has 1 aromatic heterocycles. The number of aromatic nitrogens is 1. The predicted molar refractivity (Wildman–Crippen MR) is 124 cm³/mol. The summed E-state index contributed by atoms with van der Waals surface area (Å²) in [7, 11) is -3.32. The molecule has 31 heavy (non-hydrogen) atoms. The Balaban J connectivity index is 1.73. The Hall–Kier alpha value is -2.29. The van der Waals surface area contributed by atoms with Gasteiger partial charge in [0.1, 0.15) is 0 Å². The van der Waals surface area contributed by atoms with E-state index in [2.05, 4.69) is 19.9 Å². The number of amides is 1. The lowest BCUT2D eigenvalue weighted by atomic mass is 10.0. The molecule has 3 aromatic rings. The molecule has 2 aromatic carbocycles. The van der Waals surface area contributed by atoms with E-state index < -0.39 is 9.84 Å². The Bertz CT molecular complexity index is 1190. The zero-order valence-electron chi connectivity index (χ0n) is 17.9. The quantitative estimate of drug-likeness (QED) is 0.537. The summed E-state index contributed by atoms with van der Waals surface area (Å²) < 4.78 is 30.4. The molecule has 0 bridgehead atoms. The molecule has 1 saturated heterocycles. The topological polar surface area (TPSA) is 76.6 Å². The van der Waals surface area contributed by atoms with Crippen LogP contribution < -0.4 is 4.90 Å². The van der Waals surface area contributed by atoms with Crippen molar-refractivity contribution in [2.75, 3.05) is 24.3 Å². The van der Waals surface area contributed by atoms with Crippen molar-refractivity contribution in [3.63, 3.8) is 0 Å². The third-order valence-corrected chi connectivity index (χ3v) is 7.65. The van der Waals surface area contributed by atoms with Gasteiger partial charge in [0.05, 0.1) is 27.8 Å². The van der Waals surface area contributed by atoms with Crippen molar-refractivity contribution in [2.45, 2.75) is 43.6 Å². The van der Waals surface area contributed by atoms with Gasteiger partial charge in [-0.25, -0.2) is 13.4 Å². The van der Waals surface area contributed by atoms with Crippen molar-refractivity contribution >= 4 is 42.4 Å². The summed E-state index contributed by atoms with van der Waals surface area (Å²) in [4.78, 5) is 20.2. The highest BCUT2D eigenvalue weighted by molar-refractivity contribution is 7.90. The van der Waals surface area contributed by atoms with E-state index in [0.717, 1.165) is 34.9 Å². The molecule has 0 saturated carbocycles. The first-order valence-electron chi connectivity index (χ1n) is 10.4. The molecule has 0 radical (unpaired) electrons. The van der Waals surface area contributed by atoms with Gasteiger partial charge in [-0.1, -0.05) is 37.3 Å². The molecular formula is C23H26N2O4S2. The standard InChI is InChI=1S/C23H26N2O4S2/c1-15(2)19-7-4-8-20-21(19)24-23(30-20)25(14-17-6-5-13-29-17)22(26)16-9-11-18(12-10-16)31(3,27)28/h4,7-12,15,17H,5-6,13-14H2,1-3H3. The molecule has 1 amide bonds. The minimum absolute atomic E-state index is 0.0316. The number of sulfone groups is 1. The summed E-state index contributed by atoms with van der Waals surface area (Å²) >= 11 is 1.49. The SMILES string of the molecule is CC(C)c1cccc2sc(N(CC3CCCO3)C(=O)c3ccc(S(C)(=O)=O)cc3)nc12. The van der Waals surface area contributed by atoms with E-state index in [-0.39, 0.29) is 16.9 Å². The molecule has 1 aliphatic heterocycles. The molecule has 1 aliphatic rings. The van der Waals surface area contributed by atoms with Crippen LogP contribution >= 0.6 is 11.3 Å². The Labute approximate surface area is 186 Å². The minimum atomic E-state index is -3.32. The van der Waals surface area contributed by atoms with E-state index in [1.807, 2.05) is 12.1 Å². The maximum Gasteiger partial charge on any atom is 0.260 e. The van der Waals surface area contributed by atoms with Gasteiger partial charge in [-0.15, -0.1) is 0 Å². The monoisotopic (exact) mass is 458 g/mol. The lowest BCUT2D eigenvalue weighted by Gasteiger charge is -2.23. The second-order valence-electron chi connectivity index (χ2n) is 8.19. The predicted octanol–water partition coefficient (Wildman–Crippen LogP) is 4.65. The first kappa shape index (κ1) is 21.9. The van der Waals surface area contributed by atoms with Crippen LogP contribution in [0.2, 0.25) is 0 Å². The molecule has 0 aliphatic carbocycles. The summed E-state index contributed by atoms with van der Waals surface area (Å²) in [6.45, 7) is 5.38. The van der Waals surface area contributed by atoms with Crippen molar-refractivity contribution in [3.8, 4) is 0 Å². The highest BCUT2D eigenvalue weighted by atomic mass is 32.2. The smallest absolute Gasteiger partial charge is 0.260 e. The van der Waals surface area contributed by atoms with Gasteiger partial charge < -0.3 is 4.74 Å². The van der Waals surface area contributed by atoms with Crippen LogP contribution in [0.1, 0.15) is 48.5 Å². The fourth-order valence-corrected chi connectivity index (χ4v) is 5.42. The van der Waals surface area contributed by atoms with Gasteiger partial charge in [-0.3, -0.25) is 9.69 Å². The first-order chi connectivity index (χ1) is 14.7. The van der Waals surface area contributed by atoms with Crippen LogP contribution in [0.15, 0.2) is 47.4 Å². The molecule has 4 rings (SSSR count). The van der Waals surface area contributed by atoms with Crippen LogP contribution in [0.25, 0.3) is 10.2 Å². The number of carbonyl (C=O) groups is 1. The van der Waals surface area contributed by atoms with Crippen LogP contribution in [0.5, 0.6) is 0 Å². The fourth-order valence-electron chi connectivity index (χ4n) is 3.78. The van der Waals surface area contributed by atoms with Crippen molar-refractivity contribution in [2.24, 2.45) is 0 Å². The fraction of sp³-hybridized carbons (Fsp3) is 0.391. The third-order valence-electron chi connectivity index (χ3n) is 5.48. The van der Waals surface area contributed by atoms with E-state index in [1.54, 1.807) is 17.0 Å². The molecule has 1 fully saturated rings. The van der Waals surface area contributed by atoms with E-state index in [1.165, 1.54) is 23.5 Å². The Kier molecular flexibility index (Phi) is 6.14. The molecule has 6 nitrogen and oxygen atoms in total. The Morgan fingerprint density at radius 1 is 1.23 bits per heavy atom. The van der Waals surface area contributed by atoms with Crippen LogP contribution in [0.3, 0.4) is 0 Å². The molecule has 0 N–H and O–H groups in total. The number of ether oxygens (including phenoxy) is 1. The minimum Gasteiger partial charge on any atom is -0.376 e. The van der Waals surface area contributed by atoms with E-state index in [4.69, 9.17) is 9.72 Å². The Morgan fingerprint density at radius 3 is 2.58 bits per heavy atom. The molecule has 8 heteroatoms. The summed E-state index contributed by atoms with van der Waals surface area (Å²) in [5, 5.41) is 0.635. The largest absolute Gasteiger partial charge is 0.376 e. The molecular weight excluding hydrogens is 432 g/mol. The number of fused-ring (bicyclic) bond motifs is 1. The maximum atomic E-state index is 13.5. The van der Waals surface area contributed by atoms with Crippen LogP contribution in [0.4, 0.5) is 5.13 Å². The molecule has 0 spiro atoms.